The molecule has 6 nitrogen and oxygen atoms in total. The van der Waals surface area contributed by atoms with Gasteiger partial charge < -0.3 is 19.4 Å². The third-order valence-corrected chi connectivity index (χ3v) is 4.19. The fourth-order valence-corrected chi connectivity index (χ4v) is 2.93. The highest BCUT2D eigenvalue weighted by Gasteiger charge is 2.28. The lowest BCUT2D eigenvalue weighted by molar-refractivity contribution is 0.0347. The Kier molecular flexibility index (Phi) is 5.24. The minimum Gasteiger partial charge on any atom is -0.462 e. The van der Waals surface area contributed by atoms with Gasteiger partial charge in [0.2, 0.25) is 0 Å². The Labute approximate surface area is 130 Å². The first-order chi connectivity index (χ1) is 10.5. The zero-order valence-electron chi connectivity index (χ0n) is 13.7. The lowest BCUT2D eigenvalue weighted by atomic mass is 10.1. The lowest BCUT2D eigenvalue weighted by Gasteiger charge is -2.31. The van der Waals surface area contributed by atoms with Crippen molar-refractivity contribution in [3.05, 3.63) is 22.5 Å². The highest BCUT2D eigenvalue weighted by molar-refractivity contribution is 6.00. The van der Waals surface area contributed by atoms with Crippen molar-refractivity contribution in [1.82, 2.24) is 9.88 Å². The number of carbonyl (C=O) groups excluding carboxylic acids is 2. The van der Waals surface area contributed by atoms with Crippen LogP contribution < -0.4 is 0 Å². The fourth-order valence-electron chi connectivity index (χ4n) is 2.93. The van der Waals surface area contributed by atoms with Crippen LogP contribution in [0.3, 0.4) is 0 Å². The van der Waals surface area contributed by atoms with Crippen LogP contribution >= 0.6 is 0 Å². The van der Waals surface area contributed by atoms with Gasteiger partial charge in [0, 0.05) is 25.9 Å². The molecule has 122 valence electrons. The zero-order chi connectivity index (χ0) is 16.3. The summed E-state index contributed by atoms with van der Waals surface area (Å²) >= 11 is 0. The van der Waals surface area contributed by atoms with Gasteiger partial charge in [0.1, 0.15) is 5.69 Å². The van der Waals surface area contributed by atoms with E-state index in [0.717, 1.165) is 12.8 Å². The summed E-state index contributed by atoms with van der Waals surface area (Å²) < 4.78 is 10.4. The first kappa shape index (κ1) is 16.5. The number of hydrogen-bond acceptors (Lipinski definition) is 4. The van der Waals surface area contributed by atoms with Crippen LogP contribution in [0.1, 0.15) is 51.9 Å². The van der Waals surface area contributed by atoms with Crippen LogP contribution in [0, 0.1) is 13.8 Å². The molecule has 1 aliphatic rings. The SMILES string of the molecule is CCOC(=O)c1c(C)[nH]c(C(=O)N2CCC(OC)CC2)c1C. The van der Waals surface area contributed by atoms with Crippen molar-refractivity contribution in [1.29, 1.82) is 0 Å². The number of aromatic amines is 1. The van der Waals surface area contributed by atoms with Crippen molar-refractivity contribution < 1.29 is 19.1 Å². The Morgan fingerprint density at radius 2 is 1.91 bits per heavy atom. The molecule has 1 aromatic heterocycles. The summed E-state index contributed by atoms with van der Waals surface area (Å²) in [6, 6.07) is 0. The molecule has 2 rings (SSSR count). The predicted octanol–water partition coefficient (Wildman–Crippen LogP) is 2.06. The monoisotopic (exact) mass is 308 g/mol. The molecule has 0 aromatic carbocycles. The van der Waals surface area contributed by atoms with Crippen LogP contribution in [0.2, 0.25) is 0 Å². The standard InChI is InChI=1S/C16H24N2O4/c1-5-22-16(20)13-10(2)14(17-11(13)3)15(19)18-8-6-12(21-4)7-9-18/h12,17H,5-9H2,1-4H3. The van der Waals surface area contributed by atoms with Crippen molar-refractivity contribution in [3.63, 3.8) is 0 Å². The Hall–Kier alpha value is -1.82. The molecule has 22 heavy (non-hydrogen) atoms. The third kappa shape index (κ3) is 3.16. The Morgan fingerprint density at radius 1 is 1.27 bits per heavy atom. The van der Waals surface area contributed by atoms with Gasteiger partial charge in [-0.15, -0.1) is 0 Å². The summed E-state index contributed by atoms with van der Waals surface area (Å²) in [5, 5.41) is 0. The summed E-state index contributed by atoms with van der Waals surface area (Å²) in [4.78, 5) is 29.5. The maximum Gasteiger partial charge on any atom is 0.340 e. The van der Waals surface area contributed by atoms with Gasteiger partial charge in [-0.25, -0.2) is 4.79 Å². The molecule has 6 heteroatoms. The van der Waals surface area contributed by atoms with Crippen LogP contribution in [0.5, 0.6) is 0 Å². The van der Waals surface area contributed by atoms with Crippen molar-refractivity contribution in [2.24, 2.45) is 0 Å². The second kappa shape index (κ2) is 6.96. The van der Waals surface area contributed by atoms with Crippen LogP contribution in [0.25, 0.3) is 0 Å². The molecule has 1 N–H and O–H groups in total. The first-order valence-electron chi connectivity index (χ1n) is 7.67. The van der Waals surface area contributed by atoms with E-state index in [-0.39, 0.29) is 18.0 Å². The average Bonchev–Trinajstić information content (AvgIpc) is 2.81. The van der Waals surface area contributed by atoms with Gasteiger partial charge in [-0.3, -0.25) is 4.79 Å². The maximum atomic E-state index is 12.7. The van der Waals surface area contributed by atoms with Gasteiger partial charge in [-0.05, 0) is 39.2 Å². The molecule has 1 fully saturated rings. The molecule has 2 heterocycles. The highest BCUT2D eigenvalue weighted by Crippen LogP contribution is 2.22. The van der Waals surface area contributed by atoms with E-state index in [1.807, 2.05) is 4.90 Å². The summed E-state index contributed by atoms with van der Waals surface area (Å²) in [6.45, 7) is 6.99. The molecule has 1 saturated heterocycles. The summed E-state index contributed by atoms with van der Waals surface area (Å²) in [7, 11) is 1.70. The number of esters is 1. The molecule has 1 aliphatic heterocycles. The fraction of sp³-hybridized carbons (Fsp3) is 0.625. The van der Waals surface area contributed by atoms with Gasteiger partial charge in [0.15, 0.2) is 0 Å². The number of rotatable bonds is 4. The molecule has 0 atom stereocenters. The Bertz CT molecular complexity index is 557. The quantitative estimate of drug-likeness (QED) is 0.864. The number of likely N-dealkylation sites (tertiary alicyclic amines) is 1. The number of hydrogen-bond donors (Lipinski definition) is 1. The van der Waals surface area contributed by atoms with Crippen LogP contribution in [0.4, 0.5) is 0 Å². The van der Waals surface area contributed by atoms with E-state index in [0.29, 0.717) is 42.2 Å². The molecular weight excluding hydrogens is 284 g/mol. The number of aryl methyl sites for hydroxylation is 1. The Morgan fingerprint density at radius 3 is 2.45 bits per heavy atom. The number of nitrogens with one attached hydrogen (secondary N) is 1. The largest absolute Gasteiger partial charge is 0.462 e. The minimum atomic E-state index is -0.383. The Balaban J connectivity index is 2.17. The van der Waals surface area contributed by atoms with E-state index in [2.05, 4.69) is 4.98 Å². The number of piperidine rings is 1. The lowest BCUT2D eigenvalue weighted by Crippen LogP contribution is -2.41. The highest BCUT2D eigenvalue weighted by atomic mass is 16.5. The predicted molar refractivity (Wildman–Crippen MR) is 82.2 cm³/mol. The van der Waals surface area contributed by atoms with Crippen LogP contribution in [0.15, 0.2) is 0 Å². The summed E-state index contributed by atoms with van der Waals surface area (Å²) in [5.41, 5.74) is 2.29. The number of aromatic nitrogens is 1. The van der Waals surface area contributed by atoms with Crippen LogP contribution in [-0.2, 0) is 9.47 Å². The van der Waals surface area contributed by atoms with Gasteiger partial charge in [0.05, 0.1) is 18.3 Å². The maximum absolute atomic E-state index is 12.7. The number of H-pyrrole nitrogens is 1. The number of carbonyl (C=O) groups is 2. The number of amides is 1. The molecule has 1 amide bonds. The van der Waals surface area contributed by atoms with E-state index in [1.54, 1.807) is 27.9 Å². The smallest absolute Gasteiger partial charge is 0.340 e. The first-order valence-corrected chi connectivity index (χ1v) is 7.67. The molecule has 0 spiro atoms. The summed E-state index contributed by atoms with van der Waals surface area (Å²) in [6.07, 6.45) is 1.91. The minimum absolute atomic E-state index is 0.0642. The van der Waals surface area contributed by atoms with Gasteiger partial charge in [-0.2, -0.15) is 0 Å². The van der Waals surface area contributed by atoms with E-state index in [1.165, 1.54) is 0 Å². The van der Waals surface area contributed by atoms with Crippen molar-refractivity contribution in [2.45, 2.75) is 39.7 Å². The van der Waals surface area contributed by atoms with E-state index >= 15 is 0 Å². The average molecular weight is 308 g/mol. The molecule has 0 saturated carbocycles. The molecular formula is C16H24N2O4. The number of methoxy groups -OCH3 is 1. The van der Waals surface area contributed by atoms with Gasteiger partial charge >= 0.3 is 5.97 Å². The number of nitrogens with zero attached hydrogens (tertiary/aromatic N) is 1. The normalized spacial score (nSPS) is 15.9. The van der Waals surface area contributed by atoms with E-state index in [9.17, 15) is 9.59 Å². The number of ether oxygens (including phenoxy) is 2. The molecule has 0 bridgehead atoms. The van der Waals surface area contributed by atoms with Crippen molar-refractivity contribution in [2.75, 3.05) is 26.8 Å². The second-order valence-corrected chi connectivity index (χ2v) is 5.57. The van der Waals surface area contributed by atoms with Crippen LogP contribution in [-0.4, -0.2) is 54.7 Å². The molecule has 0 unspecified atom stereocenters. The molecule has 0 aliphatic carbocycles. The van der Waals surface area contributed by atoms with Gasteiger partial charge in [0.25, 0.3) is 5.91 Å². The molecule has 1 aromatic rings. The van der Waals surface area contributed by atoms with E-state index < -0.39 is 0 Å². The van der Waals surface area contributed by atoms with Crippen molar-refractivity contribution in [3.8, 4) is 0 Å². The second-order valence-electron chi connectivity index (χ2n) is 5.57. The molecule has 0 radical (unpaired) electrons. The summed E-state index contributed by atoms with van der Waals surface area (Å²) in [5.74, 6) is -0.448. The zero-order valence-corrected chi connectivity index (χ0v) is 13.7. The van der Waals surface area contributed by atoms with Crippen molar-refractivity contribution >= 4 is 11.9 Å². The van der Waals surface area contributed by atoms with E-state index in [4.69, 9.17) is 9.47 Å². The topological polar surface area (TPSA) is 71.6 Å². The van der Waals surface area contributed by atoms with Gasteiger partial charge in [-0.1, -0.05) is 0 Å². The third-order valence-electron chi connectivity index (χ3n) is 4.19.